The van der Waals surface area contributed by atoms with E-state index < -0.39 is 5.60 Å². The van der Waals surface area contributed by atoms with Crippen LogP contribution in [0.15, 0.2) is 48.5 Å². The van der Waals surface area contributed by atoms with Crippen LogP contribution in [0.2, 0.25) is 0 Å². The van der Waals surface area contributed by atoms with Gasteiger partial charge in [0.2, 0.25) is 0 Å². The Balaban J connectivity index is 1.56. The maximum Gasteiger partial charge on any atom is 0.254 e. The molecule has 2 aliphatic rings. The molecule has 2 aromatic rings. The lowest BCUT2D eigenvalue weighted by Crippen LogP contribution is -2.59. The zero-order chi connectivity index (χ0) is 18.7. The Morgan fingerprint density at radius 1 is 1.15 bits per heavy atom. The van der Waals surface area contributed by atoms with E-state index in [0.717, 1.165) is 23.2 Å². The van der Waals surface area contributed by atoms with Crippen molar-refractivity contribution < 1.29 is 14.3 Å². The van der Waals surface area contributed by atoms with E-state index in [4.69, 9.17) is 9.47 Å². The number of carbonyl (C=O) groups excluding carboxylic acids is 1. The highest BCUT2D eigenvalue weighted by Crippen LogP contribution is 2.26. The van der Waals surface area contributed by atoms with Crippen LogP contribution in [-0.2, 0) is 9.47 Å². The standard InChI is InChI=1S/C22H26N2O3/c1-17-5-2-3-8-20(17)18-6-4-7-19(13-18)21(25)24-10-12-27-22(15-24)14-23-9-11-26-16-22/h2-8,13,23H,9-12,14-16H2,1H3. The van der Waals surface area contributed by atoms with Crippen LogP contribution in [0.25, 0.3) is 11.1 Å². The van der Waals surface area contributed by atoms with Crippen molar-refractivity contribution in [2.75, 3.05) is 46.0 Å². The van der Waals surface area contributed by atoms with Gasteiger partial charge in [0.15, 0.2) is 0 Å². The second kappa shape index (κ2) is 7.80. The lowest BCUT2D eigenvalue weighted by molar-refractivity contribution is -0.125. The van der Waals surface area contributed by atoms with Gasteiger partial charge in [-0.05, 0) is 35.7 Å². The van der Waals surface area contributed by atoms with Crippen LogP contribution in [0.1, 0.15) is 15.9 Å². The van der Waals surface area contributed by atoms with Gasteiger partial charge in [0.05, 0.1) is 26.4 Å². The van der Waals surface area contributed by atoms with E-state index in [-0.39, 0.29) is 5.91 Å². The molecule has 0 aliphatic carbocycles. The van der Waals surface area contributed by atoms with Gasteiger partial charge >= 0.3 is 0 Å². The van der Waals surface area contributed by atoms with Gasteiger partial charge in [-0.25, -0.2) is 0 Å². The molecule has 5 nitrogen and oxygen atoms in total. The second-order valence-corrected chi connectivity index (χ2v) is 7.38. The molecule has 27 heavy (non-hydrogen) atoms. The molecule has 1 unspecified atom stereocenters. The van der Waals surface area contributed by atoms with Crippen LogP contribution in [0.3, 0.4) is 0 Å². The van der Waals surface area contributed by atoms with Gasteiger partial charge in [0, 0.05) is 25.2 Å². The summed E-state index contributed by atoms with van der Waals surface area (Å²) < 4.78 is 11.7. The quantitative estimate of drug-likeness (QED) is 0.887. The van der Waals surface area contributed by atoms with Crippen LogP contribution in [0, 0.1) is 6.92 Å². The van der Waals surface area contributed by atoms with E-state index >= 15 is 0 Å². The van der Waals surface area contributed by atoms with Gasteiger partial charge in [-0.2, -0.15) is 0 Å². The molecule has 1 amide bonds. The fraction of sp³-hybridized carbons (Fsp3) is 0.409. The maximum atomic E-state index is 13.2. The number of rotatable bonds is 2. The number of carbonyl (C=O) groups is 1. The number of hydrogen-bond acceptors (Lipinski definition) is 4. The minimum Gasteiger partial charge on any atom is -0.377 e. The Hall–Kier alpha value is -2.21. The second-order valence-electron chi connectivity index (χ2n) is 7.38. The van der Waals surface area contributed by atoms with Gasteiger partial charge in [-0.15, -0.1) is 0 Å². The summed E-state index contributed by atoms with van der Waals surface area (Å²) in [5.74, 6) is 0.0531. The van der Waals surface area contributed by atoms with Crippen LogP contribution < -0.4 is 5.32 Å². The number of amides is 1. The Labute approximate surface area is 160 Å². The van der Waals surface area contributed by atoms with Crippen LogP contribution in [-0.4, -0.2) is 62.4 Å². The summed E-state index contributed by atoms with van der Waals surface area (Å²) in [6.45, 7) is 6.51. The predicted molar refractivity (Wildman–Crippen MR) is 105 cm³/mol. The normalized spacial score (nSPS) is 23.2. The van der Waals surface area contributed by atoms with E-state index in [1.54, 1.807) is 0 Å². The van der Waals surface area contributed by atoms with Gasteiger partial charge in [-0.1, -0.05) is 36.4 Å². The molecule has 1 spiro atoms. The number of ether oxygens (including phenoxy) is 2. The largest absolute Gasteiger partial charge is 0.377 e. The molecular formula is C22H26N2O3. The Morgan fingerprint density at radius 3 is 2.93 bits per heavy atom. The first-order valence-electron chi connectivity index (χ1n) is 9.55. The van der Waals surface area contributed by atoms with Crippen molar-refractivity contribution in [3.05, 3.63) is 59.7 Å². The van der Waals surface area contributed by atoms with Crippen molar-refractivity contribution in [1.82, 2.24) is 10.2 Å². The predicted octanol–water partition coefficient (Wildman–Crippen LogP) is 2.49. The van der Waals surface area contributed by atoms with Crippen molar-refractivity contribution in [1.29, 1.82) is 0 Å². The molecular weight excluding hydrogens is 340 g/mol. The number of benzene rings is 2. The third kappa shape index (κ3) is 3.90. The van der Waals surface area contributed by atoms with Crippen LogP contribution in [0.4, 0.5) is 0 Å². The van der Waals surface area contributed by atoms with Crippen molar-refractivity contribution in [2.24, 2.45) is 0 Å². The lowest BCUT2D eigenvalue weighted by Gasteiger charge is -2.41. The van der Waals surface area contributed by atoms with Crippen molar-refractivity contribution in [3.63, 3.8) is 0 Å². The maximum absolute atomic E-state index is 13.2. The third-order valence-corrected chi connectivity index (χ3v) is 5.34. The number of hydrogen-bond donors (Lipinski definition) is 1. The van der Waals surface area contributed by atoms with Crippen LogP contribution in [0.5, 0.6) is 0 Å². The summed E-state index contributed by atoms with van der Waals surface area (Å²) in [5, 5.41) is 3.36. The average Bonchev–Trinajstić information content (AvgIpc) is 2.93. The van der Waals surface area contributed by atoms with E-state index in [1.165, 1.54) is 5.56 Å². The molecule has 2 heterocycles. The topological polar surface area (TPSA) is 50.8 Å². The number of aryl methyl sites for hydroxylation is 1. The Kier molecular flexibility index (Phi) is 5.25. The van der Waals surface area contributed by atoms with Gasteiger partial charge in [-0.3, -0.25) is 4.79 Å². The third-order valence-electron chi connectivity index (χ3n) is 5.34. The smallest absolute Gasteiger partial charge is 0.254 e. The summed E-state index contributed by atoms with van der Waals surface area (Å²) in [4.78, 5) is 15.1. The summed E-state index contributed by atoms with van der Waals surface area (Å²) in [7, 11) is 0. The summed E-state index contributed by atoms with van der Waals surface area (Å²) >= 11 is 0. The molecule has 2 aliphatic heterocycles. The number of nitrogens with one attached hydrogen (secondary N) is 1. The fourth-order valence-electron chi connectivity index (χ4n) is 3.88. The van der Waals surface area contributed by atoms with Crippen molar-refractivity contribution in [2.45, 2.75) is 12.5 Å². The summed E-state index contributed by atoms with van der Waals surface area (Å²) in [6.07, 6.45) is 0. The minimum absolute atomic E-state index is 0.0531. The lowest BCUT2D eigenvalue weighted by atomic mass is 9.98. The van der Waals surface area contributed by atoms with Gasteiger partial charge in [0.25, 0.3) is 5.91 Å². The van der Waals surface area contributed by atoms with E-state index in [1.807, 2.05) is 35.2 Å². The van der Waals surface area contributed by atoms with Gasteiger partial charge < -0.3 is 19.7 Å². The van der Waals surface area contributed by atoms with Crippen molar-refractivity contribution >= 4 is 5.91 Å². The number of morpholine rings is 1. The highest BCUT2D eigenvalue weighted by molar-refractivity contribution is 5.95. The molecule has 0 aromatic heterocycles. The van der Waals surface area contributed by atoms with Crippen molar-refractivity contribution in [3.8, 4) is 11.1 Å². The van der Waals surface area contributed by atoms with Gasteiger partial charge in [0.1, 0.15) is 5.60 Å². The first kappa shape index (κ1) is 18.2. The SMILES string of the molecule is Cc1ccccc1-c1cccc(C(=O)N2CCOC3(CNCCOC3)C2)c1. The summed E-state index contributed by atoms with van der Waals surface area (Å²) in [5.41, 5.74) is 3.70. The molecule has 0 radical (unpaired) electrons. The summed E-state index contributed by atoms with van der Waals surface area (Å²) in [6, 6.07) is 16.2. The molecule has 142 valence electrons. The Morgan fingerprint density at radius 2 is 2.04 bits per heavy atom. The molecule has 1 N–H and O–H groups in total. The molecule has 0 bridgehead atoms. The zero-order valence-electron chi connectivity index (χ0n) is 15.7. The monoisotopic (exact) mass is 366 g/mol. The van der Waals surface area contributed by atoms with E-state index in [9.17, 15) is 4.79 Å². The first-order valence-corrected chi connectivity index (χ1v) is 9.55. The molecule has 4 rings (SSSR count). The molecule has 1 atom stereocenters. The van der Waals surface area contributed by atoms with E-state index in [2.05, 4.69) is 30.4 Å². The highest BCUT2D eigenvalue weighted by Gasteiger charge is 2.39. The van der Waals surface area contributed by atoms with Crippen LogP contribution >= 0.6 is 0 Å². The minimum atomic E-state index is -0.446. The molecule has 0 saturated carbocycles. The molecule has 2 saturated heterocycles. The first-order chi connectivity index (χ1) is 13.2. The zero-order valence-corrected chi connectivity index (χ0v) is 15.7. The fourth-order valence-corrected chi connectivity index (χ4v) is 3.88. The number of nitrogens with zero attached hydrogens (tertiary/aromatic N) is 1. The molecule has 2 aromatic carbocycles. The van der Waals surface area contributed by atoms with E-state index in [0.29, 0.717) is 39.5 Å². The average molecular weight is 366 g/mol. The molecule has 5 heteroatoms. The molecule has 2 fully saturated rings. The highest BCUT2D eigenvalue weighted by atomic mass is 16.5. The Bertz CT molecular complexity index is 813.